The van der Waals surface area contributed by atoms with E-state index in [1.54, 1.807) is 27.6 Å². The zero-order valence-corrected chi connectivity index (χ0v) is 20.0. The molecule has 3 rings (SSSR count). The summed E-state index contributed by atoms with van der Waals surface area (Å²) in [7, 11) is 5.02. The fourth-order valence-electron chi connectivity index (χ4n) is 3.41. The molecular formula is C26H28BrNO3. The maximum Gasteiger partial charge on any atom is 0.118 e. The highest BCUT2D eigenvalue weighted by molar-refractivity contribution is 9.10. The van der Waals surface area contributed by atoms with E-state index < -0.39 is 0 Å². The second-order valence-corrected chi connectivity index (χ2v) is 8.10. The molecule has 0 bridgehead atoms. The first-order valence-electron chi connectivity index (χ1n) is 10.0. The standard InChI is InChI=1S/C26H28BrNO3/c1-19-15-22(16-26(27)25(19)13-14-29-2)28(17-20-5-9-23(30-3)10-6-20)18-21-7-11-24(31-4)12-8-21/h5-16H,17-18H2,1-4H3/b14-13+. The Kier molecular flexibility index (Phi) is 8.01. The van der Waals surface area contributed by atoms with Crippen LogP contribution in [0.2, 0.25) is 0 Å². The molecule has 0 aliphatic rings. The molecule has 0 saturated carbocycles. The molecule has 31 heavy (non-hydrogen) atoms. The van der Waals surface area contributed by atoms with E-state index in [0.29, 0.717) is 0 Å². The van der Waals surface area contributed by atoms with Gasteiger partial charge in [0, 0.05) is 23.2 Å². The molecule has 0 aliphatic heterocycles. The van der Waals surface area contributed by atoms with E-state index in [-0.39, 0.29) is 0 Å². The minimum Gasteiger partial charge on any atom is -0.504 e. The van der Waals surface area contributed by atoms with Gasteiger partial charge < -0.3 is 19.1 Å². The predicted octanol–water partition coefficient (Wildman–Crippen LogP) is 6.60. The summed E-state index contributed by atoms with van der Waals surface area (Å²) in [5.41, 5.74) is 5.86. The van der Waals surface area contributed by atoms with E-state index in [0.717, 1.165) is 40.3 Å². The Labute approximate surface area is 193 Å². The molecule has 3 aromatic rings. The van der Waals surface area contributed by atoms with Crippen molar-refractivity contribution in [2.45, 2.75) is 20.0 Å². The maximum absolute atomic E-state index is 5.30. The largest absolute Gasteiger partial charge is 0.504 e. The molecular weight excluding hydrogens is 454 g/mol. The number of hydrogen-bond acceptors (Lipinski definition) is 4. The number of methoxy groups -OCH3 is 3. The van der Waals surface area contributed by atoms with Crippen LogP contribution in [0.4, 0.5) is 5.69 Å². The van der Waals surface area contributed by atoms with Gasteiger partial charge in [0.25, 0.3) is 0 Å². The summed E-state index contributed by atoms with van der Waals surface area (Å²) in [4.78, 5) is 2.37. The van der Waals surface area contributed by atoms with Crippen molar-refractivity contribution in [2.24, 2.45) is 0 Å². The summed E-state index contributed by atoms with van der Waals surface area (Å²) in [6.45, 7) is 3.66. The summed E-state index contributed by atoms with van der Waals surface area (Å²) < 4.78 is 16.7. The van der Waals surface area contributed by atoms with E-state index in [9.17, 15) is 0 Å². The van der Waals surface area contributed by atoms with Crippen molar-refractivity contribution in [1.82, 2.24) is 0 Å². The van der Waals surface area contributed by atoms with Crippen LogP contribution in [0.25, 0.3) is 6.08 Å². The molecule has 4 nitrogen and oxygen atoms in total. The fraction of sp³-hybridized carbons (Fsp3) is 0.231. The van der Waals surface area contributed by atoms with Gasteiger partial charge >= 0.3 is 0 Å². The number of benzene rings is 3. The molecule has 0 heterocycles. The van der Waals surface area contributed by atoms with Crippen LogP contribution in [0.3, 0.4) is 0 Å². The van der Waals surface area contributed by atoms with Crippen LogP contribution in [0, 0.1) is 6.92 Å². The topological polar surface area (TPSA) is 30.9 Å². The van der Waals surface area contributed by atoms with Crippen LogP contribution >= 0.6 is 15.9 Å². The van der Waals surface area contributed by atoms with Crippen molar-refractivity contribution in [1.29, 1.82) is 0 Å². The molecule has 0 amide bonds. The molecule has 0 unspecified atom stereocenters. The van der Waals surface area contributed by atoms with Gasteiger partial charge in [-0.1, -0.05) is 40.2 Å². The van der Waals surface area contributed by atoms with E-state index >= 15 is 0 Å². The van der Waals surface area contributed by atoms with Gasteiger partial charge in [0.2, 0.25) is 0 Å². The SMILES string of the molecule is CO/C=C/c1c(C)cc(N(Cc2ccc(OC)cc2)Cc2ccc(OC)cc2)cc1Br. The lowest BCUT2D eigenvalue weighted by molar-refractivity contribution is 0.341. The second kappa shape index (κ2) is 10.9. The lowest BCUT2D eigenvalue weighted by Gasteiger charge is -2.27. The second-order valence-electron chi connectivity index (χ2n) is 7.25. The van der Waals surface area contributed by atoms with Crippen LogP contribution < -0.4 is 14.4 Å². The Morgan fingerprint density at radius 2 is 1.32 bits per heavy atom. The third-order valence-corrected chi connectivity index (χ3v) is 5.78. The first-order chi connectivity index (χ1) is 15.0. The maximum atomic E-state index is 5.30. The Balaban J connectivity index is 1.94. The van der Waals surface area contributed by atoms with E-state index in [1.165, 1.54) is 16.7 Å². The van der Waals surface area contributed by atoms with Gasteiger partial charge in [-0.2, -0.15) is 0 Å². The first-order valence-corrected chi connectivity index (χ1v) is 10.8. The molecule has 0 saturated heterocycles. The fourth-order valence-corrected chi connectivity index (χ4v) is 4.09. The van der Waals surface area contributed by atoms with Gasteiger partial charge in [0.05, 0.1) is 27.6 Å². The van der Waals surface area contributed by atoms with Crippen molar-refractivity contribution in [3.8, 4) is 11.5 Å². The Bertz CT molecular complexity index is 941. The summed E-state index contributed by atoms with van der Waals surface area (Å²) in [5, 5.41) is 0. The van der Waals surface area contributed by atoms with E-state index in [4.69, 9.17) is 14.2 Å². The summed E-state index contributed by atoms with van der Waals surface area (Å²) in [5.74, 6) is 1.72. The molecule has 0 spiro atoms. The van der Waals surface area contributed by atoms with Crippen LogP contribution in [0.1, 0.15) is 22.3 Å². The highest BCUT2D eigenvalue weighted by atomic mass is 79.9. The monoisotopic (exact) mass is 481 g/mol. The third-order valence-electron chi connectivity index (χ3n) is 5.12. The van der Waals surface area contributed by atoms with Crippen molar-refractivity contribution < 1.29 is 14.2 Å². The average Bonchev–Trinajstić information content (AvgIpc) is 2.79. The molecule has 3 aromatic carbocycles. The molecule has 0 N–H and O–H groups in total. The Hall–Kier alpha value is -2.92. The van der Waals surface area contributed by atoms with Crippen LogP contribution in [0.5, 0.6) is 11.5 Å². The van der Waals surface area contributed by atoms with E-state index in [1.807, 2.05) is 30.3 Å². The molecule has 0 fully saturated rings. The molecule has 5 heteroatoms. The van der Waals surface area contributed by atoms with Gasteiger partial charge in [0.1, 0.15) is 11.5 Å². The van der Waals surface area contributed by atoms with Crippen molar-refractivity contribution in [2.75, 3.05) is 26.2 Å². The number of rotatable bonds is 9. The average molecular weight is 482 g/mol. The molecule has 0 atom stereocenters. The highest BCUT2D eigenvalue weighted by Gasteiger charge is 2.13. The van der Waals surface area contributed by atoms with E-state index in [2.05, 4.69) is 64.2 Å². The van der Waals surface area contributed by atoms with Gasteiger partial charge in [-0.25, -0.2) is 0 Å². The zero-order valence-electron chi connectivity index (χ0n) is 18.4. The smallest absolute Gasteiger partial charge is 0.118 e. The van der Waals surface area contributed by atoms with Crippen LogP contribution in [-0.4, -0.2) is 21.3 Å². The molecule has 0 radical (unpaired) electrons. The van der Waals surface area contributed by atoms with Gasteiger partial charge in [0.15, 0.2) is 0 Å². The lowest BCUT2D eigenvalue weighted by Crippen LogP contribution is -2.22. The van der Waals surface area contributed by atoms with Crippen molar-refractivity contribution >= 4 is 27.7 Å². The highest BCUT2D eigenvalue weighted by Crippen LogP contribution is 2.31. The number of ether oxygens (including phenoxy) is 3. The van der Waals surface area contributed by atoms with Gasteiger partial charge in [-0.3, -0.25) is 0 Å². The molecule has 0 aromatic heterocycles. The normalized spacial score (nSPS) is 10.9. The summed E-state index contributed by atoms with van der Waals surface area (Å²) in [6, 6.07) is 20.8. The number of aryl methyl sites for hydroxylation is 1. The summed E-state index contributed by atoms with van der Waals surface area (Å²) >= 11 is 3.74. The quantitative estimate of drug-likeness (QED) is 0.322. The lowest BCUT2D eigenvalue weighted by atomic mass is 10.1. The number of halogens is 1. The number of nitrogens with zero attached hydrogens (tertiary/aromatic N) is 1. The van der Waals surface area contributed by atoms with Crippen LogP contribution in [-0.2, 0) is 17.8 Å². The van der Waals surface area contributed by atoms with Crippen LogP contribution in [0.15, 0.2) is 71.4 Å². The Morgan fingerprint density at radius 1 is 0.806 bits per heavy atom. The van der Waals surface area contributed by atoms with Gasteiger partial charge in [-0.05, 0) is 71.7 Å². The first kappa shape index (κ1) is 22.8. The number of hydrogen-bond donors (Lipinski definition) is 0. The minimum absolute atomic E-state index is 0.773. The third kappa shape index (κ3) is 6.05. The van der Waals surface area contributed by atoms with Gasteiger partial charge in [-0.15, -0.1) is 0 Å². The molecule has 0 aliphatic carbocycles. The zero-order chi connectivity index (χ0) is 22.2. The summed E-state index contributed by atoms with van der Waals surface area (Å²) in [6.07, 6.45) is 3.67. The van der Waals surface area contributed by atoms with Crippen molar-refractivity contribution in [3.63, 3.8) is 0 Å². The Morgan fingerprint density at radius 3 is 1.74 bits per heavy atom. The minimum atomic E-state index is 0.773. The molecule has 162 valence electrons. The predicted molar refractivity (Wildman–Crippen MR) is 131 cm³/mol. The van der Waals surface area contributed by atoms with Crippen molar-refractivity contribution in [3.05, 3.63) is 93.7 Å². The number of anilines is 1.